The average Bonchev–Trinajstić information content (AvgIpc) is 0. The number of rotatable bonds is 0. The smallest absolute Gasteiger partial charge is 2.00 e. The van der Waals surface area contributed by atoms with Gasteiger partial charge in [0, 0.05) is 0 Å². The van der Waals surface area contributed by atoms with Crippen molar-refractivity contribution in [1.29, 1.82) is 0 Å². The van der Waals surface area contributed by atoms with Gasteiger partial charge in [-0.1, -0.05) is 0 Å². The first-order valence-corrected chi connectivity index (χ1v) is 0. The molecule has 0 atom stereocenters. The first-order valence-electron chi connectivity index (χ1n) is 0. The Morgan fingerprint density at radius 3 is 0.333 bits per heavy atom. The number of hydrogen-bond acceptors (Lipinski definition) is 0. The third-order valence-corrected chi connectivity index (χ3v) is 0. The Balaban J connectivity index is 0. The first-order chi connectivity index (χ1) is 0. The molecule has 0 aromatic carbocycles. The molecule has 0 amide bonds. The van der Waals surface area contributed by atoms with Crippen LogP contribution in [0.3, 0.4) is 0 Å². The minimum Gasteiger partial charge on any atom is -2.00 e. The summed E-state index contributed by atoms with van der Waals surface area (Å²) in [5.74, 6) is 0. The van der Waals surface area contributed by atoms with Crippen LogP contribution in [-0.4, -0.2) is 52.4 Å². The van der Waals surface area contributed by atoms with Gasteiger partial charge < -0.3 is 27.4 Å². The molecule has 0 unspecified atom stereocenters. The van der Waals surface area contributed by atoms with Gasteiger partial charge >= 0.3 is 91.4 Å². The molecule has 0 aliphatic heterocycles. The van der Waals surface area contributed by atoms with E-state index in [0.29, 0.717) is 0 Å². The second-order valence-corrected chi connectivity index (χ2v) is 0. The van der Waals surface area contributed by atoms with Crippen molar-refractivity contribution in [2.75, 3.05) is 0 Å². The van der Waals surface area contributed by atoms with E-state index in [1.165, 1.54) is 0 Å². The van der Waals surface area contributed by atoms with E-state index >= 15 is 0 Å². The quantitative estimate of drug-likeness (QED) is 0.292. The maximum atomic E-state index is 0. The van der Waals surface area contributed by atoms with E-state index in [2.05, 4.69) is 0 Å². The molecule has 0 aliphatic carbocycles. The largest absolute Gasteiger partial charge is 3.00 e. The van der Waals surface area contributed by atoms with Crippen LogP contribution >= 0.6 is 0 Å². The van der Waals surface area contributed by atoms with Crippen LogP contribution < -0.4 is 0 Å². The molecular formula is Bi2O5Zn2. The summed E-state index contributed by atoms with van der Waals surface area (Å²) in [7, 11) is 0. The maximum absolute atomic E-state index is 0. The molecule has 0 saturated carbocycles. The Kier molecular flexibility index (Phi) is 2550. The van der Waals surface area contributed by atoms with E-state index in [0.717, 1.165) is 0 Å². The molecule has 9 heavy (non-hydrogen) atoms. The first kappa shape index (κ1) is 175. The molecule has 5 nitrogen and oxygen atoms in total. The van der Waals surface area contributed by atoms with Gasteiger partial charge in [0.2, 0.25) is 0 Å². The van der Waals surface area contributed by atoms with Gasteiger partial charge in [-0.25, -0.2) is 0 Å². The molecule has 0 aliphatic rings. The van der Waals surface area contributed by atoms with Gasteiger partial charge in [0.05, 0.1) is 0 Å². The summed E-state index contributed by atoms with van der Waals surface area (Å²) in [6, 6.07) is 0. The van der Waals surface area contributed by atoms with Crippen molar-refractivity contribution in [3.05, 3.63) is 0 Å². The van der Waals surface area contributed by atoms with Gasteiger partial charge in [-0.3, -0.25) is 0 Å². The molecule has 44 valence electrons. The van der Waals surface area contributed by atoms with Gasteiger partial charge in [0.15, 0.2) is 0 Å². The van der Waals surface area contributed by atoms with Crippen LogP contribution in [0.1, 0.15) is 0 Å². The third-order valence-electron chi connectivity index (χ3n) is 0. The van der Waals surface area contributed by atoms with E-state index in [9.17, 15) is 0 Å². The fraction of sp³-hybridized carbons (Fsp3) is 0. The molecule has 9 heteroatoms. The Bertz CT molecular complexity index is 12.9. The van der Waals surface area contributed by atoms with Crippen molar-refractivity contribution in [2.45, 2.75) is 0 Å². The average molecular weight is 629 g/mol. The predicted molar refractivity (Wildman–Crippen MR) is 14.9 cm³/mol. The van der Waals surface area contributed by atoms with E-state index < -0.39 is 0 Å². The minimum atomic E-state index is 0. The summed E-state index contributed by atoms with van der Waals surface area (Å²) in [5, 5.41) is 0. The summed E-state index contributed by atoms with van der Waals surface area (Å²) >= 11 is 0. The van der Waals surface area contributed by atoms with Gasteiger partial charge in [-0.2, -0.15) is 0 Å². The van der Waals surface area contributed by atoms with Crippen LogP contribution in [0.5, 0.6) is 0 Å². The van der Waals surface area contributed by atoms with Crippen LogP contribution in [-0.2, 0) is 66.3 Å². The minimum absolute atomic E-state index is 0. The zero-order chi connectivity index (χ0) is 0. The molecule has 0 aromatic rings. The molecular weight excluding hydrogens is 629 g/mol. The normalized spacial score (nSPS) is 0. The van der Waals surface area contributed by atoms with Crippen molar-refractivity contribution in [3.63, 3.8) is 0 Å². The van der Waals surface area contributed by atoms with Crippen LogP contribution in [0.2, 0.25) is 0 Å². The molecule has 0 aromatic heterocycles. The maximum Gasteiger partial charge on any atom is 3.00 e. The third kappa shape index (κ3) is 106. The molecule has 0 spiro atoms. The van der Waals surface area contributed by atoms with Crippen LogP contribution in [0.25, 0.3) is 0 Å². The topological polar surface area (TPSA) is 142 Å². The number of hydrogen-bond donors (Lipinski definition) is 0. The van der Waals surface area contributed by atoms with Crippen molar-refractivity contribution in [1.82, 2.24) is 0 Å². The Hall–Kier alpha value is 2.81. The SMILES string of the molecule is [Bi+3].[Bi+3].[O-2].[O-2].[O-2].[O-2].[O-2].[Zn+2].[Zn+2]. The summed E-state index contributed by atoms with van der Waals surface area (Å²) in [5.41, 5.74) is 0. The van der Waals surface area contributed by atoms with Gasteiger partial charge in [-0.15, -0.1) is 0 Å². The second-order valence-electron chi connectivity index (χ2n) is 0. The zero-order valence-electron chi connectivity index (χ0n) is 4.35. The van der Waals surface area contributed by atoms with E-state index in [4.69, 9.17) is 0 Å². The van der Waals surface area contributed by atoms with E-state index in [-0.39, 0.29) is 119 Å². The fourth-order valence-electron chi connectivity index (χ4n) is 0. The Morgan fingerprint density at radius 1 is 0.333 bits per heavy atom. The molecule has 0 fully saturated rings. The van der Waals surface area contributed by atoms with E-state index in [1.54, 1.807) is 0 Å². The molecule has 0 rings (SSSR count). The second kappa shape index (κ2) is 132. The Labute approximate surface area is 117 Å². The molecule has 0 N–H and O–H groups in total. The molecule has 0 saturated heterocycles. The molecule has 4 radical (unpaired) electrons. The van der Waals surface area contributed by atoms with Gasteiger partial charge in [-0.05, 0) is 0 Å². The Morgan fingerprint density at radius 2 is 0.333 bits per heavy atom. The molecule has 0 heterocycles. The van der Waals surface area contributed by atoms with Crippen molar-refractivity contribution < 1.29 is 66.3 Å². The predicted octanol–water partition coefficient (Wildman–Crippen LogP) is -1.36. The monoisotopic (exact) mass is 626 g/mol. The summed E-state index contributed by atoms with van der Waals surface area (Å²) < 4.78 is 0. The van der Waals surface area contributed by atoms with Gasteiger partial charge in [0.1, 0.15) is 0 Å². The standard InChI is InChI=1S/2Bi.5O.2Zn/q2*+3;5*-2;2*+2. The summed E-state index contributed by atoms with van der Waals surface area (Å²) in [6.07, 6.45) is 0. The van der Waals surface area contributed by atoms with Crippen LogP contribution in [0.4, 0.5) is 0 Å². The van der Waals surface area contributed by atoms with Crippen molar-refractivity contribution in [2.24, 2.45) is 0 Å². The van der Waals surface area contributed by atoms with Crippen molar-refractivity contribution >= 4 is 52.4 Å². The molecule has 0 bridgehead atoms. The zero-order valence-corrected chi connectivity index (χ0v) is 17.2. The fourth-order valence-corrected chi connectivity index (χ4v) is 0. The van der Waals surface area contributed by atoms with Gasteiger partial charge in [0.25, 0.3) is 0 Å². The van der Waals surface area contributed by atoms with Crippen LogP contribution in [0.15, 0.2) is 0 Å². The van der Waals surface area contributed by atoms with Crippen LogP contribution in [0, 0.1) is 0 Å². The summed E-state index contributed by atoms with van der Waals surface area (Å²) in [6.45, 7) is 0. The summed E-state index contributed by atoms with van der Waals surface area (Å²) in [4.78, 5) is 0. The van der Waals surface area contributed by atoms with E-state index in [1.807, 2.05) is 0 Å². The van der Waals surface area contributed by atoms with Crippen molar-refractivity contribution in [3.8, 4) is 0 Å².